The molecular weight excluding hydrogens is 200 g/mol. The first-order valence-electron chi connectivity index (χ1n) is 4.73. The fraction of sp³-hybridized carbons (Fsp3) is 0.778. The molecule has 3 amide bonds. The van der Waals surface area contributed by atoms with E-state index in [1.54, 1.807) is 27.7 Å². The van der Waals surface area contributed by atoms with Crippen LogP contribution >= 0.6 is 0 Å². The van der Waals surface area contributed by atoms with Crippen molar-refractivity contribution in [2.75, 3.05) is 0 Å². The number of aliphatic hydroxyl groups excluding tert-OH is 1. The van der Waals surface area contributed by atoms with Crippen LogP contribution in [0, 0.1) is 0 Å². The van der Waals surface area contributed by atoms with Crippen molar-refractivity contribution in [2.45, 2.75) is 45.6 Å². The fourth-order valence-corrected chi connectivity index (χ4v) is 1.09. The molecule has 1 heterocycles. The highest BCUT2D eigenvalue weighted by molar-refractivity contribution is 5.92. The van der Waals surface area contributed by atoms with Crippen LogP contribution in [-0.4, -0.2) is 40.0 Å². The zero-order valence-corrected chi connectivity index (χ0v) is 9.27. The van der Waals surface area contributed by atoms with Crippen molar-refractivity contribution < 1.29 is 19.4 Å². The van der Waals surface area contributed by atoms with Crippen molar-refractivity contribution in [3.8, 4) is 0 Å². The SMILES string of the molecule is CC1C(O)N1C(=O)NC(=O)OC(C)(C)C. The van der Waals surface area contributed by atoms with Crippen molar-refractivity contribution in [3.63, 3.8) is 0 Å². The molecule has 1 saturated heterocycles. The number of alkyl carbamates (subject to hydrolysis) is 1. The first-order valence-corrected chi connectivity index (χ1v) is 4.73. The van der Waals surface area contributed by atoms with Crippen LogP contribution in [0.2, 0.25) is 0 Å². The van der Waals surface area contributed by atoms with Crippen LogP contribution in [0.4, 0.5) is 9.59 Å². The Morgan fingerprint density at radius 1 is 1.40 bits per heavy atom. The number of aliphatic hydroxyl groups is 1. The molecule has 15 heavy (non-hydrogen) atoms. The van der Waals surface area contributed by atoms with Gasteiger partial charge in [-0.05, 0) is 27.7 Å². The Morgan fingerprint density at radius 2 is 1.87 bits per heavy atom. The maximum atomic E-state index is 11.3. The number of nitrogens with one attached hydrogen (secondary N) is 1. The molecule has 86 valence electrons. The fourth-order valence-electron chi connectivity index (χ4n) is 1.09. The van der Waals surface area contributed by atoms with Crippen LogP contribution in [0.25, 0.3) is 0 Å². The number of imide groups is 1. The lowest BCUT2D eigenvalue weighted by Crippen LogP contribution is -2.39. The Bertz CT molecular complexity index is 276. The van der Waals surface area contributed by atoms with E-state index in [1.807, 2.05) is 5.32 Å². The topological polar surface area (TPSA) is 78.6 Å². The second-order valence-electron chi connectivity index (χ2n) is 4.49. The Kier molecular flexibility index (Phi) is 2.90. The molecular formula is C9H16N2O4. The summed E-state index contributed by atoms with van der Waals surface area (Å²) in [6.45, 7) is 6.78. The van der Waals surface area contributed by atoms with Crippen molar-refractivity contribution in [1.82, 2.24) is 10.2 Å². The number of rotatable bonds is 0. The summed E-state index contributed by atoms with van der Waals surface area (Å²) in [7, 11) is 0. The summed E-state index contributed by atoms with van der Waals surface area (Å²) >= 11 is 0. The largest absolute Gasteiger partial charge is 0.443 e. The molecule has 0 aromatic carbocycles. The normalized spacial score (nSPS) is 24.7. The van der Waals surface area contributed by atoms with Crippen molar-refractivity contribution in [2.24, 2.45) is 0 Å². The molecule has 0 spiro atoms. The monoisotopic (exact) mass is 216 g/mol. The Labute approximate surface area is 88.2 Å². The maximum Gasteiger partial charge on any atom is 0.415 e. The molecule has 0 radical (unpaired) electrons. The van der Waals surface area contributed by atoms with E-state index in [0.29, 0.717) is 0 Å². The molecule has 1 aliphatic heterocycles. The zero-order chi connectivity index (χ0) is 11.8. The van der Waals surface area contributed by atoms with Gasteiger partial charge in [-0.25, -0.2) is 14.9 Å². The quantitative estimate of drug-likeness (QED) is 0.583. The van der Waals surface area contributed by atoms with Gasteiger partial charge in [0.15, 0.2) is 6.23 Å². The molecule has 0 aliphatic carbocycles. The summed E-state index contributed by atoms with van der Waals surface area (Å²) in [4.78, 5) is 23.6. The first-order chi connectivity index (χ1) is 6.72. The minimum absolute atomic E-state index is 0.243. The Hall–Kier alpha value is -1.30. The Balaban J connectivity index is 2.37. The third-order valence-electron chi connectivity index (χ3n) is 1.91. The van der Waals surface area contributed by atoms with Crippen LogP contribution in [-0.2, 0) is 4.74 Å². The van der Waals surface area contributed by atoms with Gasteiger partial charge >= 0.3 is 12.1 Å². The number of carbonyl (C=O) groups excluding carboxylic acids is 2. The molecule has 6 heteroatoms. The average Bonchev–Trinajstić information content (AvgIpc) is 2.54. The molecule has 1 aliphatic rings. The van der Waals surface area contributed by atoms with E-state index < -0.39 is 24.0 Å². The number of hydrogen-bond donors (Lipinski definition) is 2. The van der Waals surface area contributed by atoms with E-state index in [2.05, 4.69) is 0 Å². The number of amides is 3. The summed E-state index contributed by atoms with van der Waals surface area (Å²) < 4.78 is 4.88. The van der Waals surface area contributed by atoms with Crippen molar-refractivity contribution in [1.29, 1.82) is 0 Å². The Morgan fingerprint density at radius 3 is 2.20 bits per heavy atom. The van der Waals surface area contributed by atoms with Gasteiger partial charge in [0, 0.05) is 0 Å². The minimum atomic E-state index is -0.807. The van der Waals surface area contributed by atoms with Gasteiger partial charge in [0.25, 0.3) is 0 Å². The number of carbonyl (C=O) groups is 2. The van der Waals surface area contributed by atoms with E-state index in [1.165, 1.54) is 0 Å². The lowest BCUT2D eigenvalue weighted by atomic mass is 10.2. The smallest absolute Gasteiger partial charge is 0.415 e. The molecule has 1 fully saturated rings. The van der Waals surface area contributed by atoms with Gasteiger partial charge in [-0.1, -0.05) is 0 Å². The number of urea groups is 1. The molecule has 2 atom stereocenters. The van der Waals surface area contributed by atoms with Gasteiger partial charge in [-0.2, -0.15) is 0 Å². The van der Waals surface area contributed by atoms with Gasteiger partial charge < -0.3 is 9.84 Å². The van der Waals surface area contributed by atoms with Gasteiger partial charge in [-0.3, -0.25) is 4.90 Å². The second kappa shape index (κ2) is 3.69. The number of hydrogen-bond acceptors (Lipinski definition) is 4. The van der Waals surface area contributed by atoms with Crippen LogP contribution < -0.4 is 5.32 Å². The number of nitrogens with zero attached hydrogens (tertiary/aromatic N) is 1. The van der Waals surface area contributed by atoms with Gasteiger partial charge in [-0.15, -0.1) is 0 Å². The predicted molar refractivity (Wildman–Crippen MR) is 52.1 cm³/mol. The lowest BCUT2D eigenvalue weighted by Gasteiger charge is -2.19. The van der Waals surface area contributed by atoms with E-state index in [-0.39, 0.29) is 6.04 Å². The third kappa shape index (κ3) is 3.09. The van der Waals surface area contributed by atoms with Gasteiger partial charge in [0.1, 0.15) is 5.60 Å². The summed E-state index contributed by atoms with van der Waals surface area (Å²) in [5.74, 6) is 0. The lowest BCUT2D eigenvalue weighted by molar-refractivity contribution is 0.0539. The van der Waals surface area contributed by atoms with E-state index in [0.717, 1.165) is 4.90 Å². The first kappa shape index (κ1) is 11.8. The van der Waals surface area contributed by atoms with Crippen LogP contribution in [0.5, 0.6) is 0 Å². The summed E-state index contributed by atoms with van der Waals surface area (Å²) in [6, 6.07) is -0.878. The van der Waals surface area contributed by atoms with E-state index in [4.69, 9.17) is 9.84 Å². The summed E-state index contributed by atoms with van der Waals surface area (Å²) in [5, 5.41) is 11.1. The third-order valence-corrected chi connectivity index (χ3v) is 1.91. The predicted octanol–water partition coefficient (Wildman–Crippen LogP) is 0.654. The van der Waals surface area contributed by atoms with Gasteiger partial charge in [0.05, 0.1) is 6.04 Å². The molecule has 1 rings (SSSR count). The van der Waals surface area contributed by atoms with Crippen LogP contribution in [0.1, 0.15) is 27.7 Å². The van der Waals surface area contributed by atoms with E-state index >= 15 is 0 Å². The highest BCUT2D eigenvalue weighted by atomic mass is 16.6. The molecule has 0 saturated carbocycles. The van der Waals surface area contributed by atoms with E-state index in [9.17, 15) is 9.59 Å². The standard InChI is InChI=1S/C9H16N2O4/c1-5-6(12)11(5)7(13)10-8(14)15-9(2,3)4/h5-6,12H,1-4H3,(H,10,13,14). The second-order valence-corrected chi connectivity index (χ2v) is 4.49. The highest BCUT2D eigenvalue weighted by Crippen LogP contribution is 2.24. The molecule has 6 nitrogen and oxygen atoms in total. The molecule has 0 bridgehead atoms. The average molecular weight is 216 g/mol. The minimum Gasteiger partial charge on any atom is -0.443 e. The molecule has 2 N–H and O–H groups in total. The van der Waals surface area contributed by atoms with Crippen molar-refractivity contribution >= 4 is 12.1 Å². The summed E-state index contributed by atoms with van der Waals surface area (Å²) in [6.07, 6.45) is -1.61. The molecule has 0 aromatic heterocycles. The number of ether oxygens (including phenoxy) is 1. The zero-order valence-electron chi connectivity index (χ0n) is 9.27. The van der Waals surface area contributed by atoms with Crippen molar-refractivity contribution in [3.05, 3.63) is 0 Å². The highest BCUT2D eigenvalue weighted by Gasteiger charge is 2.47. The van der Waals surface area contributed by atoms with Crippen LogP contribution in [0.15, 0.2) is 0 Å². The van der Waals surface area contributed by atoms with Crippen LogP contribution in [0.3, 0.4) is 0 Å². The summed E-state index contributed by atoms with van der Waals surface area (Å²) in [5.41, 5.74) is -0.645. The molecule has 2 unspecified atom stereocenters. The molecule has 0 aromatic rings. The van der Waals surface area contributed by atoms with Gasteiger partial charge in [0.2, 0.25) is 0 Å². The maximum absolute atomic E-state index is 11.3.